The van der Waals surface area contributed by atoms with Gasteiger partial charge >= 0.3 is 0 Å². The fourth-order valence-corrected chi connectivity index (χ4v) is 3.01. The monoisotopic (exact) mass is 314 g/mol. The molecule has 0 atom stereocenters. The molecule has 0 aliphatic heterocycles. The first-order valence-corrected chi connectivity index (χ1v) is 9.59. The molecule has 0 aliphatic rings. The van der Waals surface area contributed by atoms with E-state index in [-0.39, 0.29) is 5.54 Å². The second-order valence-corrected chi connectivity index (χ2v) is 6.58. The van der Waals surface area contributed by atoms with Crippen molar-refractivity contribution >= 4 is 0 Å². The SMILES string of the molecule is CCNCCCC(N)(CCCCCCCN)CCCNCC. The van der Waals surface area contributed by atoms with Gasteiger partial charge in [0.25, 0.3) is 0 Å². The first kappa shape index (κ1) is 21.8. The van der Waals surface area contributed by atoms with Gasteiger partial charge in [0.15, 0.2) is 0 Å². The third-order valence-electron chi connectivity index (χ3n) is 4.44. The summed E-state index contributed by atoms with van der Waals surface area (Å²) in [7, 11) is 0. The lowest BCUT2D eigenvalue weighted by molar-refractivity contribution is 0.308. The molecule has 0 unspecified atom stereocenters. The topological polar surface area (TPSA) is 76.1 Å². The van der Waals surface area contributed by atoms with E-state index in [1.165, 1.54) is 51.4 Å². The Morgan fingerprint density at radius 1 is 0.682 bits per heavy atom. The van der Waals surface area contributed by atoms with Gasteiger partial charge in [0.05, 0.1) is 0 Å². The van der Waals surface area contributed by atoms with Crippen LogP contribution in [0.3, 0.4) is 0 Å². The number of rotatable bonds is 17. The van der Waals surface area contributed by atoms with Gasteiger partial charge in [-0.25, -0.2) is 0 Å². The summed E-state index contributed by atoms with van der Waals surface area (Å²) in [4.78, 5) is 0. The van der Waals surface area contributed by atoms with Crippen LogP contribution in [0.25, 0.3) is 0 Å². The summed E-state index contributed by atoms with van der Waals surface area (Å²) in [6.07, 6.45) is 12.2. The minimum atomic E-state index is 0.0404. The molecule has 22 heavy (non-hydrogen) atoms. The van der Waals surface area contributed by atoms with E-state index in [9.17, 15) is 0 Å². The van der Waals surface area contributed by atoms with E-state index >= 15 is 0 Å². The summed E-state index contributed by atoms with van der Waals surface area (Å²) in [6, 6.07) is 0. The van der Waals surface area contributed by atoms with Crippen molar-refractivity contribution in [1.82, 2.24) is 10.6 Å². The van der Waals surface area contributed by atoms with Gasteiger partial charge in [0, 0.05) is 5.54 Å². The first-order chi connectivity index (χ1) is 10.7. The lowest BCUT2D eigenvalue weighted by atomic mass is 9.84. The number of hydrogen-bond acceptors (Lipinski definition) is 4. The Bertz CT molecular complexity index is 209. The largest absolute Gasteiger partial charge is 0.330 e. The zero-order valence-corrected chi connectivity index (χ0v) is 15.3. The maximum absolute atomic E-state index is 6.73. The molecule has 0 amide bonds. The molecule has 0 heterocycles. The normalized spacial score (nSPS) is 12.0. The summed E-state index contributed by atoms with van der Waals surface area (Å²) in [5.41, 5.74) is 12.3. The molecule has 0 rings (SSSR count). The summed E-state index contributed by atoms with van der Waals surface area (Å²) >= 11 is 0. The highest BCUT2D eigenvalue weighted by atomic mass is 14.8. The predicted octanol–water partition coefficient (Wildman–Crippen LogP) is 2.76. The number of hydrogen-bond donors (Lipinski definition) is 4. The van der Waals surface area contributed by atoms with Gasteiger partial charge in [0.2, 0.25) is 0 Å². The van der Waals surface area contributed by atoms with E-state index in [4.69, 9.17) is 11.5 Å². The molecule has 6 N–H and O–H groups in total. The minimum Gasteiger partial charge on any atom is -0.330 e. The van der Waals surface area contributed by atoms with Crippen molar-refractivity contribution in [2.24, 2.45) is 11.5 Å². The van der Waals surface area contributed by atoms with Crippen LogP contribution >= 0.6 is 0 Å². The van der Waals surface area contributed by atoms with E-state index in [1.54, 1.807) is 0 Å². The van der Waals surface area contributed by atoms with E-state index < -0.39 is 0 Å². The van der Waals surface area contributed by atoms with E-state index in [2.05, 4.69) is 24.5 Å². The molecule has 0 aromatic rings. The second-order valence-electron chi connectivity index (χ2n) is 6.58. The summed E-state index contributed by atoms with van der Waals surface area (Å²) in [5.74, 6) is 0. The van der Waals surface area contributed by atoms with Crippen LogP contribution in [-0.2, 0) is 0 Å². The Hall–Kier alpha value is -0.160. The van der Waals surface area contributed by atoms with Crippen LogP contribution in [0.5, 0.6) is 0 Å². The minimum absolute atomic E-state index is 0.0404. The van der Waals surface area contributed by atoms with Gasteiger partial charge in [-0.05, 0) is 71.2 Å². The van der Waals surface area contributed by atoms with Crippen molar-refractivity contribution in [3.63, 3.8) is 0 Å². The summed E-state index contributed by atoms with van der Waals surface area (Å²) in [6.45, 7) is 9.45. The number of unbranched alkanes of at least 4 members (excludes halogenated alkanes) is 4. The van der Waals surface area contributed by atoms with E-state index in [0.29, 0.717) is 0 Å². The maximum Gasteiger partial charge on any atom is 0.0155 e. The van der Waals surface area contributed by atoms with E-state index in [1.807, 2.05) is 0 Å². The van der Waals surface area contributed by atoms with E-state index in [0.717, 1.165) is 45.6 Å². The molecule has 0 aromatic heterocycles. The molecule has 0 bridgehead atoms. The summed E-state index contributed by atoms with van der Waals surface area (Å²) < 4.78 is 0. The predicted molar refractivity (Wildman–Crippen MR) is 99.2 cm³/mol. The smallest absolute Gasteiger partial charge is 0.0155 e. The van der Waals surface area contributed by atoms with Crippen molar-refractivity contribution in [2.45, 2.75) is 83.6 Å². The Balaban J connectivity index is 3.96. The average molecular weight is 315 g/mol. The third-order valence-corrected chi connectivity index (χ3v) is 4.44. The maximum atomic E-state index is 6.73. The molecule has 0 spiro atoms. The van der Waals surface area contributed by atoms with Crippen molar-refractivity contribution in [3.8, 4) is 0 Å². The lowest BCUT2D eigenvalue weighted by Gasteiger charge is -2.30. The molecule has 0 aliphatic carbocycles. The van der Waals surface area contributed by atoms with Gasteiger partial charge < -0.3 is 22.1 Å². The van der Waals surface area contributed by atoms with Crippen LogP contribution < -0.4 is 22.1 Å². The Kier molecular flexibility index (Phi) is 15.6. The van der Waals surface area contributed by atoms with Crippen molar-refractivity contribution < 1.29 is 0 Å². The van der Waals surface area contributed by atoms with Crippen LogP contribution in [0.1, 0.15) is 78.1 Å². The van der Waals surface area contributed by atoms with Crippen LogP contribution in [-0.4, -0.2) is 38.3 Å². The third kappa shape index (κ3) is 13.5. The lowest BCUT2D eigenvalue weighted by Crippen LogP contribution is -2.41. The second kappa shape index (κ2) is 15.7. The van der Waals surface area contributed by atoms with Crippen LogP contribution in [0.15, 0.2) is 0 Å². The molecule has 0 saturated carbocycles. The Labute approximate surface area is 139 Å². The zero-order chi connectivity index (χ0) is 16.5. The Morgan fingerprint density at radius 3 is 1.64 bits per heavy atom. The molecule has 0 saturated heterocycles. The van der Waals surface area contributed by atoms with Gasteiger partial charge in [-0.15, -0.1) is 0 Å². The molecule has 4 heteroatoms. The fraction of sp³-hybridized carbons (Fsp3) is 1.00. The van der Waals surface area contributed by atoms with Gasteiger partial charge in [-0.3, -0.25) is 0 Å². The molecule has 0 aromatic carbocycles. The summed E-state index contributed by atoms with van der Waals surface area (Å²) in [5, 5.41) is 6.82. The Morgan fingerprint density at radius 2 is 1.14 bits per heavy atom. The number of nitrogens with one attached hydrogen (secondary N) is 2. The number of nitrogens with two attached hydrogens (primary N) is 2. The van der Waals surface area contributed by atoms with Crippen LogP contribution in [0.2, 0.25) is 0 Å². The zero-order valence-electron chi connectivity index (χ0n) is 15.3. The molecular weight excluding hydrogens is 272 g/mol. The van der Waals surface area contributed by atoms with Crippen molar-refractivity contribution in [3.05, 3.63) is 0 Å². The first-order valence-electron chi connectivity index (χ1n) is 9.59. The highest BCUT2D eigenvalue weighted by molar-refractivity contribution is 4.84. The molecule has 0 fully saturated rings. The van der Waals surface area contributed by atoms with Crippen LogP contribution in [0, 0.1) is 0 Å². The van der Waals surface area contributed by atoms with Gasteiger partial charge in [-0.2, -0.15) is 0 Å². The molecule has 4 nitrogen and oxygen atoms in total. The fourth-order valence-electron chi connectivity index (χ4n) is 3.01. The van der Waals surface area contributed by atoms with Crippen LogP contribution in [0.4, 0.5) is 0 Å². The van der Waals surface area contributed by atoms with Crippen molar-refractivity contribution in [1.29, 1.82) is 0 Å². The van der Waals surface area contributed by atoms with Crippen molar-refractivity contribution in [2.75, 3.05) is 32.7 Å². The molecule has 134 valence electrons. The highest BCUT2D eigenvalue weighted by Gasteiger charge is 2.23. The molecular formula is C18H42N4. The average Bonchev–Trinajstić information content (AvgIpc) is 2.52. The highest BCUT2D eigenvalue weighted by Crippen LogP contribution is 2.24. The molecule has 0 radical (unpaired) electrons. The van der Waals surface area contributed by atoms with Gasteiger partial charge in [0.1, 0.15) is 0 Å². The standard InChI is InChI=1S/C18H42N4/c1-3-21-16-10-13-18(20,14-11-17-22-4-2)12-8-6-5-7-9-15-19/h21-22H,3-17,19-20H2,1-2H3. The van der Waals surface area contributed by atoms with Gasteiger partial charge in [-0.1, -0.05) is 39.5 Å². The quantitative estimate of drug-likeness (QED) is 0.311.